The van der Waals surface area contributed by atoms with E-state index >= 15 is 0 Å². The summed E-state index contributed by atoms with van der Waals surface area (Å²) in [5.41, 5.74) is 1.58. The lowest BCUT2D eigenvalue weighted by Gasteiger charge is -2.39. The minimum Gasteiger partial charge on any atom is -0.354 e. The summed E-state index contributed by atoms with van der Waals surface area (Å²) in [5, 5.41) is 4.32. The number of anilines is 1. The summed E-state index contributed by atoms with van der Waals surface area (Å²) >= 11 is 0. The van der Waals surface area contributed by atoms with Crippen LogP contribution in [0.1, 0.15) is 28.9 Å². The predicted molar refractivity (Wildman–Crippen MR) is 130 cm³/mol. The maximum atomic E-state index is 14.2. The fourth-order valence-electron chi connectivity index (χ4n) is 5.12. The van der Waals surface area contributed by atoms with E-state index in [0.717, 1.165) is 64.5 Å². The Kier molecular flexibility index (Phi) is 6.58. The Balaban J connectivity index is 1.19. The molecule has 2 saturated heterocycles. The van der Waals surface area contributed by atoms with Gasteiger partial charge in [-0.05, 0) is 49.9 Å². The number of likely N-dealkylation sites (tertiary alicyclic amines) is 1. The molecule has 1 unspecified atom stereocenters. The van der Waals surface area contributed by atoms with E-state index < -0.39 is 0 Å². The summed E-state index contributed by atoms with van der Waals surface area (Å²) in [5.74, 6) is 1.14. The van der Waals surface area contributed by atoms with Crippen LogP contribution in [0.2, 0.25) is 0 Å². The summed E-state index contributed by atoms with van der Waals surface area (Å²) in [6.07, 6.45) is 5.56. The summed E-state index contributed by atoms with van der Waals surface area (Å²) in [6.45, 7) is 8.31. The van der Waals surface area contributed by atoms with Crippen molar-refractivity contribution in [1.29, 1.82) is 0 Å². The number of hydrogen-bond acceptors (Lipinski definition) is 5. The third-order valence-corrected chi connectivity index (χ3v) is 6.99. The highest BCUT2D eigenvalue weighted by molar-refractivity contribution is 5.95. The molecule has 2 aliphatic rings. The first-order valence-corrected chi connectivity index (χ1v) is 12.1. The van der Waals surface area contributed by atoms with Gasteiger partial charge < -0.3 is 9.80 Å². The third-order valence-electron chi connectivity index (χ3n) is 6.99. The molecule has 0 saturated carbocycles. The first-order valence-electron chi connectivity index (χ1n) is 12.1. The molecule has 8 heteroatoms. The molecular formula is C26H31FN6O. The zero-order chi connectivity index (χ0) is 23.5. The lowest BCUT2D eigenvalue weighted by Crippen LogP contribution is -2.50. The quantitative estimate of drug-likeness (QED) is 0.582. The molecule has 0 bridgehead atoms. The number of piperidine rings is 1. The van der Waals surface area contributed by atoms with Crippen molar-refractivity contribution >= 4 is 11.7 Å². The van der Waals surface area contributed by atoms with E-state index in [1.54, 1.807) is 24.4 Å². The van der Waals surface area contributed by atoms with E-state index in [9.17, 15) is 9.18 Å². The summed E-state index contributed by atoms with van der Waals surface area (Å²) in [6, 6.07) is 12.5. The lowest BCUT2D eigenvalue weighted by atomic mass is 9.96. The minimum atomic E-state index is -0.353. The van der Waals surface area contributed by atoms with Crippen LogP contribution in [0, 0.1) is 18.7 Å². The van der Waals surface area contributed by atoms with E-state index in [-0.39, 0.29) is 11.7 Å². The van der Waals surface area contributed by atoms with Gasteiger partial charge in [0.25, 0.3) is 5.91 Å². The standard InChI is InChI=1S/C26H31FN6O/c1-20-22(17-29-33(20)24-9-3-2-8-23(24)27)26(34)32-12-6-7-21(19-32)18-30-13-15-31(16-14-30)25-10-4-5-11-28-25/h2-5,8-11,17,21H,6-7,12-16,18-19H2,1H3. The average Bonchev–Trinajstić information content (AvgIpc) is 3.26. The number of pyridine rings is 1. The topological polar surface area (TPSA) is 57.5 Å². The first-order chi connectivity index (χ1) is 16.6. The zero-order valence-electron chi connectivity index (χ0n) is 19.6. The van der Waals surface area contributed by atoms with Crippen molar-refractivity contribution in [3.63, 3.8) is 0 Å². The monoisotopic (exact) mass is 462 g/mol. The van der Waals surface area contributed by atoms with Gasteiger partial charge in [-0.1, -0.05) is 18.2 Å². The Morgan fingerprint density at radius 2 is 1.85 bits per heavy atom. The van der Waals surface area contributed by atoms with Gasteiger partial charge in [0.2, 0.25) is 0 Å². The highest BCUT2D eigenvalue weighted by Gasteiger charge is 2.29. The van der Waals surface area contributed by atoms with Crippen LogP contribution in [0.4, 0.5) is 10.2 Å². The molecule has 1 aromatic carbocycles. The molecule has 5 rings (SSSR count). The molecule has 0 spiro atoms. The highest BCUT2D eigenvalue weighted by Crippen LogP contribution is 2.23. The van der Waals surface area contributed by atoms with Crippen LogP contribution in [-0.4, -0.2) is 76.3 Å². The molecule has 0 N–H and O–H groups in total. The van der Waals surface area contributed by atoms with Crippen LogP contribution in [0.15, 0.2) is 54.9 Å². The van der Waals surface area contributed by atoms with E-state index in [1.807, 2.05) is 30.2 Å². The van der Waals surface area contributed by atoms with Gasteiger partial charge in [-0.2, -0.15) is 5.10 Å². The maximum Gasteiger partial charge on any atom is 0.257 e. The predicted octanol–water partition coefficient (Wildman–Crippen LogP) is 3.39. The van der Waals surface area contributed by atoms with Gasteiger partial charge in [0.05, 0.1) is 17.5 Å². The Labute approximate surface area is 199 Å². The second kappa shape index (κ2) is 9.93. The van der Waals surface area contributed by atoms with Gasteiger partial charge in [0.1, 0.15) is 17.3 Å². The fraction of sp³-hybridized carbons (Fsp3) is 0.423. The molecule has 2 fully saturated rings. The molecule has 3 aromatic rings. The number of piperazine rings is 1. The Morgan fingerprint density at radius 1 is 1.06 bits per heavy atom. The molecule has 2 aliphatic heterocycles. The Bertz CT molecular complexity index is 1130. The van der Waals surface area contributed by atoms with Crippen molar-refractivity contribution in [3.8, 4) is 5.69 Å². The zero-order valence-corrected chi connectivity index (χ0v) is 19.6. The third kappa shape index (κ3) is 4.68. The molecule has 34 heavy (non-hydrogen) atoms. The molecule has 4 heterocycles. The van der Waals surface area contributed by atoms with Crippen LogP contribution in [0.25, 0.3) is 5.69 Å². The normalized spacial score (nSPS) is 19.4. The Morgan fingerprint density at radius 3 is 2.62 bits per heavy atom. The molecule has 1 atom stereocenters. The van der Waals surface area contributed by atoms with Gasteiger partial charge in [-0.25, -0.2) is 14.1 Å². The van der Waals surface area contributed by atoms with Crippen molar-refractivity contribution in [1.82, 2.24) is 24.6 Å². The van der Waals surface area contributed by atoms with Crippen molar-refractivity contribution in [2.45, 2.75) is 19.8 Å². The van der Waals surface area contributed by atoms with Crippen LogP contribution in [-0.2, 0) is 0 Å². The largest absolute Gasteiger partial charge is 0.354 e. The van der Waals surface area contributed by atoms with Crippen LogP contribution >= 0.6 is 0 Å². The minimum absolute atomic E-state index is 0.00948. The number of carbonyl (C=O) groups excluding carboxylic acids is 1. The number of carbonyl (C=O) groups is 1. The number of benzene rings is 1. The number of halogens is 1. The number of amides is 1. The van der Waals surface area contributed by atoms with Gasteiger partial charge in [-0.3, -0.25) is 9.69 Å². The number of para-hydroxylation sites is 1. The maximum absolute atomic E-state index is 14.2. The average molecular weight is 463 g/mol. The van der Waals surface area contributed by atoms with Crippen LogP contribution < -0.4 is 4.90 Å². The molecule has 178 valence electrons. The van der Waals surface area contributed by atoms with Crippen molar-refractivity contribution in [2.75, 3.05) is 50.7 Å². The molecule has 0 aliphatic carbocycles. The lowest BCUT2D eigenvalue weighted by molar-refractivity contribution is 0.0636. The number of aromatic nitrogens is 3. The van der Waals surface area contributed by atoms with Gasteiger partial charge in [-0.15, -0.1) is 0 Å². The highest BCUT2D eigenvalue weighted by atomic mass is 19.1. The van der Waals surface area contributed by atoms with E-state index in [4.69, 9.17) is 0 Å². The van der Waals surface area contributed by atoms with Crippen molar-refractivity contribution in [2.24, 2.45) is 5.92 Å². The van der Waals surface area contributed by atoms with E-state index in [1.165, 1.54) is 10.7 Å². The first kappa shape index (κ1) is 22.5. The fourth-order valence-corrected chi connectivity index (χ4v) is 5.12. The van der Waals surface area contributed by atoms with Gasteiger partial charge in [0.15, 0.2) is 0 Å². The smallest absolute Gasteiger partial charge is 0.257 e. The SMILES string of the molecule is Cc1c(C(=O)N2CCCC(CN3CCN(c4ccccn4)CC3)C2)cnn1-c1ccccc1F. The second-order valence-corrected chi connectivity index (χ2v) is 9.24. The molecule has 2 aromatic heterocycles. The summed E-state index contributed by atoms with van der Waals surface area (Å²) < 4.78 is 15.8. The van der Waals surface area contributed by atoms with Gasteiger partial charge >= 0.3 is 0 Å². The number of hydrogen-bond donors (Lipinski definition) is 0. The summed E-state index contributed by atoms with van der Waals surface area (Å²) in [7, 11) is 0. The van der Waals surface area contributed by atoms with Crippen LogP contribution in [0.3, 0.4) is 0 Å². The van der Waals surface area contributed by atoms with Crippen LogP contribution in [0.5, 0.6) is 0 Å². The molecule has 0 radical (unpaired) electrons. The van der Waals surface area contributed by atoms with E-state index in [2.05, 4.69) is 25.9 Å². The van der Waals surface area contributed by atoms with E-state index in [0.29, 0.717) is 22.9 Å². The summed E-state index contributed by atoms with van der Waals surface area (Å²) in [4.78, 5) is 24.6. The number of nitrogens with zero attached hydrogens (tertiary/aromatic N) is 6. The number of rotatable bonds is 5. The van der Waals surface area contributed by atoms with Gasteiger partial charge in [0, 0.05) is 52.0 Å². The molecule has 1 amide bonds. The second-order valence-electron chi connectivity index (χ2n) is 9.24. The molecule has 7 nitrogen and oxygen atoms in total. The molecular weight excluding hydrogens is 431 g/mol. The Hall–Kier alpha value is -3.26. The van der Waals surface area contributed by atoms with Crippen molar-refractivity contribution < 1.29 is 9.18 Å². The van der Waals surface area contributed by atoms with Crippen molar-refractivity contribution in [3.05, 3.63) is 71.9 Å².